The molecule has 0 saturated carbocycles. The number of aromatic nitrogens is 3. The summed E-state index contributed by atoms with van der Waals surface area (Å²) in [4.78, 5) is 15.9. The molecule has 0 bridgehead atoms. The van der Waals surface area contributed by atoms with Gasteiger partial charge in [-0.05, 0) is 23.6 Å². The van der Waals surface area contributed by atoms with Crippen molar-refractivity contribution in [2.45, 2.75) is 33.7 Å². The van der Waals surface area contributed by atoms with Crippen LogP contribution in [0.4, 0.5) is 0 Å². The van der Waals surface area contributed by atoms with E-state index in [0.717, 1.165) is 17.0 Å². The van der Waals surface area contributed by atoms with Gasteiger partial charge in [-0.1, -0.05) is 20.8 Å². The minimum atomic E-state index is -0.00357. The van der Waals surface area contributed by atoms with E-state index < -0.39 is 0 Å². The van der Waals surface area contributed by atoms with Gasteiger partial charge in [-0.25, -0.2) is 0 Å². The Hall–Kier alpha value is -2.17. The fraction of sp³-hybridized carbons (Fsp3) is 0.438. The van der Waals surface area contributed by atoms with Crippen molar-refractivity contribution in [1.82, 2.24) is 20.1 Å². The van der Waals surface area contributed by atoms with Crippen LogP contribution in [0.25, 0.3) is 11.3 Å². The summed E-state index contributed by atoms with van der Waals surface area (Å²) >= 11 is 0. The van der Waals surface area contributed by atoms with Gasteiger partial charge in [0, 0.05) is 31.4 Å². The van der Waals surface area contributed by atoms with Crippen LogP contribution in [-0.2, 0) is 18.4 Å². The lowest BCUT2D eigenvalue weighted by molar-refractivity contribution is -0.123. The van der Waals surface area contributed by atoms with E-state index in [0.29, 0.717) is 13.0 Å². The third kappa shape index (κ3) is 4.41. The number of carbonyl (C=O) groups excluding carboxylic acids is 1. The minimum absolute atomic E-state index is 0.00357. The highest BCUT2D eigenvalue weighted by atomic mass is 16.1. The van der Waals surface area contributed by atoms with E-state index in [1.807, 2.05) is 29.9 Å². The van der Waals surface area contributed by atoms with Crippen molar-refractivity contribution in [3.63, 3.8) is 0 Å². The molecule has 2 heterocycles. The van der Waals surface area contributed by atoms with Crippen molar-refractivity contribution >= 4 is 5.91 Å². The van der Waals surface area contributed by atoms with Crippen molar-refractivity contribution in [3.8, 4) is 11.3 Å². The standard InChI is InChI=1S/C16H22N4O/c1-16(2,3)10-15(21)18-11-13-9-14(20(4)19-13)12-5-7-17-8-6-12/h5-9H,10-11H2,1-4H3,(H,18,21). The first-order valence-corrected chi connectivity index (χ1v) is 7.05. The van der Waals surface area contributed by atoms with Crippen LogP contribution in [-0.4, -0.2) is 20.7 Å². The second-order valence-electron chi connectivity index (χ2n) is 6.39. The Labute approximate surface area is 125 Å². The molecule has 0 fully saturated rings. The molecule has 0 atom stereocenters. The van der Waals surface area contributed by atoms with Crippen LogP contribution in [0.5, 0.6) is 0 Å². The van der Waals surface area contributed by atoms with Crippen molar-refractivity contribution in [2.75, 3.05) is 0 Å². The van der Waals surface area contributed by atoms with Crippen molar-refractivity contribution in [2.24, 2.45) is 12.5 Å². The predicted octanol–water partition coefficient (Wildman–Crippen LogP) is 2.53. The van der Waals surface area contributed by atoms with E-state index in [1.165, 1.54) is 0 Å². The van der Waals surface area contributed by atoms with Gasteiger partial charge in [0.2, 0.25) is 5.91 Å². The topological polar surface area (TPSA) is 59.8 Å². The lowest BCUT2D eigenvalue weighted by Gasteiger charge is -2.16. The Kier molecular flexibility index (Phi) is 4.40. The van der Waals surface area contributed by atoms with E-state index in [2.05, 4.69) is 36.2 Å². The van der Waals surface area contributed by atoms with Crippen LogP contribution in [0.3, 0.4) is 0 Å². The van der Waals surface area contributed by atoms with Crippen molar-refractivity contribution in [3.05, 3.63) is 36.3 Å². The highest BCUT2D eigenvalue weighted by Gasteiger charge is 2.16. The Morgan fingerprint density at radius 2 is 1.95 bits per heavy atom. The molecule has 1 N–H and O–H groups in total. The molecule has 2 aromatic rings. The first kappa shape index (κ1) is 15.2. The smallest absolute Gasteiger partial charge is 0.220 e. The third-order valence-corrected chi connectivity index (χ3v) is 3.06. The first-order valence-electron chi connectivity index (χ1n) is 7.05. The average molecular weight is 286 g/mol. The number of hydrogen-bond acceptors (Lipinski definition) is 3. The summed E-state index contributed by atoms with van der Waals surface area (Å²) in [6.07, 6.45) is 4.03. The van der Waals surface area contributed by atoms with E-state index >= 15 is 0 Å². The second kappa shape index (κ2) is 6.08. The van der Waals surface area contributed by atoms with Crippen molar-refractivity contribution < 1.29 is 4.79 Å². The molecule has 5 heteroatoms. The lowest BCUT2D eigenvalue weighted by atomic mass is 9.92. The molecule has 112 valence electrons. The lowest BCUT2D eigenvalue weighted by Crippen LogP contribution is -2.27. The van der Waals surface area contributed by atoms with E-state index in [4.69, 9.17) is 0 Å². The minimum Gasteiger partial charge on any atom is -0.350 e. The van der Waals surface area contributed by atoms with Crippen LogP contribution in [0.15, 0.2) is 30.6 Å². The Morgan fingerprint density at radius 1 is 1.29 bits per heavy atom. The quantitative estimate of drug-likeness (QED) is 0.939. The van der Waals surface area contributed by atoms with Crippen LogP contribution in [0, 0.1) is 5.41 Å². The van der Waals surface area contributed by atoms with Gasteiger partial charge < -0.3 is 5.32 Å². The molecule has 21 heavy (non-hydrogen) atoms. The summed E-state index contributed by atoms with van der Waals surface area (Å²) in [7, 11) is 1.90. The number of carbonyl (C=O) groups is 1. The molecule has 1 amide bonds. The molecule has 0 aliphatic heterocycles. The Balaban J connectivity index is 2.02. The van der Waals surface area contributed by atoms with Crippen LogP contribution < -0.4 is 5.32 Å². The fourth-order valence-corrected chi connectivity index (χ4v) is 2.14. The number of rotatable bonds is 4. The van der Waals surface area contributed by atoms with Gasteiger partial charge in [-0.2, -0.15) is 5.10 Å². The van der Waals surface area contributed by atoms with Crippen LogP contribution in [0.2, 0.25) is 0 Å². The molecule has 0 unspecified atom stereocenters. The summed E-state index contributed by atoms with van der Waals surface area (Å²) in [6.45, 7) is 6.60. The maximum atomic E-state index is 11.8. The SMILES string of the molecule is Cn1nc(CNC(=O)CC(C)(C)C)cc1-c1ccncc1. The first-order chi connectivity index (χ1) is 9.85. The number of amides is 1. The monoisotopic (exact) mass is 286 g/mol. The predicted molar refractivity (Wildman–Crippen MR) is 82.4 cm³/mol. The number of pyridine rings is 1. The van der Waals surface area contributed by atoms with E-state index in [-0.39, 0.29) is 11.3 Å². The van der Waals surface area contributed by atoms with Gasteiger partial charge in [0.15, 0.2) is 0 Å². The number of nitrogens with one attached hydrogen (secondary N) is 1. The summed E-state index contributed by atoms with van der Waals surface area (Å²) in [6, 6.07) is 5.88. The molecule has 2 rings (SSSR count). The van der Waals surface area contributed by atoms with Crippen LogP contribution in [0.1, 0.15) is 32.9 Å². The second-order valence-corrected chi connectivity index (χ2v) is 6.39. The van der Waals surface area contributed by atoms with Gasteiger partial charge in [-0.15, -0.1) is 0 Å². The zero-order chi connectivity index (χ0) is 15.5. The Bertz CT molecular complexity index is 611. The van der Waals surface area contributed by atoms with Crippen LogP contribution >= 0.6 is 0 Å². The molecule has 0 spiro atoms. The summed E-state index contributed by atoms with van der Waals surface area (Å²) in [5.74, 6) is 0.0543. The number of aryl methyl sites for hydroxylation is 1. The highest BCUT2D eigenvalue weighted by Crippen LogP contribution is 2.20. The molecular weight excluding hydrogens is 264 g/mol. The summed E-state index contributed by atoms with van der Waals surface area (Å²) in [5.41, 5.74) is 2.92. The van der Waals surface area contributed by atoms with Gasteiger partial charge >= 0.3 is 0 Å². The largest absolute Gasteiger partial charge is 0.350 e. The molecule has 0 radical (unpaired) electrons. The third-order valence-electron chi connectivity index (χ3n) is 3.06. The molecule has 5 nitrogen and oxygen atoms in total. The van der Waals surface area contributed by atoms with Crippen molar-refractivity contribution in [1.29, 1.82) is 0 Å². The highest BCUT2D eigenvalue weighted by molar-refractivity contribution is 5.76. The fourth-order valence-electron chi connectivity index (χ4n) is 2.14. The molecule has 0 aliphatic carbocycles. The Morgan fingerprint density at radius 3 is 2.57 bits per heavy atom. The van der Waals surface area contributed by atoms with Gasteiger partial charge in [0.25, 0.3) is 0 Å². The average Bonchev–Trinajstić information content (AvgIpc) is 2.77. The maximum absolute atomic E-state index is 11.8. The van der Waals surface area contributed by atoms with E-state index in [1.54, 1.807) is 12.4 Å². The van der Waals surface area contributed by atoms with Gasteiger partial charge in [0.05, 0.1) is 17.9 Å². The molecule has 0 aromatic carbocycles. The molecule has 2 aromatic heterocycles. The zero-order valence-corrected chi connectivity index (χ0v) is 13.1. The summed E-state index contributed by atoms with van der Waals surface area (Å²) in [5, 5.41) is 7.36. The molecular formula is C16H22N4O. The summed E-state index contributed by atoms with van der Waals surface area (Å²) < 4.78 is 1.82. The number of nitrogens with zero attached hydrogens (tertiary/aromatic N) is 3. The van der Waals surface area contributed by atoms with E-state index in [9.17, 15) is 4.79 Å². The number of hydrogen-bond donors (Lipinski definition) is 1. The maximum Gasteiger partial charge on any atom is 0.220 e. The van der Waals surface area contributed by atoms with Gasteiger partial charge in [-0.3, -0.25) is 14.5 Å². The molecule has 0 aliphatic rings. The molecule has 0 saturated heterocycles. The zero-order valence-electron chi connectivity index (χ0n) is 13.1. The van der Waals surface area contributed by atoms with Gasteiger partial charge in [0.1, 0.15) is 0 Å². The normalized spacial score (nSPS) is 11.4.